The molecule has 25 heavy (non-hydrogen) atoms. The van der Waals surface area contributed by atoms with Crippen LogP contribution in [0.15, 0.2) is 47.6 Å². The number of benzene rings is 1. The number of primary amides is 1. The first-order valence-electron chi connectivity index (χ1n) is 8.04. The van der Waals surface area contributed by atoms with E-state index in [1.807, 2.05) is 43.3 Å². The van der Waals surface area contributed by atoms with Gasteiger partial charge in [0.2, 0.25) is 0 Å². The number of nitrogens with two attached hydrogens (primary N) is 2. The first kappa shape index (κ1) is 18.4. The minimum absolute atomic E-state index is 0.349. The van der Waals surface area contributed by atoms with Crippen LogP contribution in [0.25, 0.3) is 0 Å². The molecule has 0 aliphatic heterocycles. The van der Waals surface area contributed by atoms with E-state index in [4.69, 9.17) is 16.2 Å². The minimum Gasteiger partial charge on any atom is -0.383 e. The molecule has 0 bridgehead atoms. The van der Waals surface area contributed by atoms with Crippen LogP contribution in [-0.4, -0.2) is 23.1 Å². The van der Waals surface area contributed by atoms with E-state index < -0.39 is 12.3 Å². The largest absolute Gasteiger partial charge is 0.383 e. The predicted molar refractivity (Wildman–Crippen MR) is 97.4 cm³/mol. The number of carbonyl (C=O) groups is 1. The van der Waals surface area contributed by atoms with Crippen LogP contribution >= 0.6 is 0 Å². The van der Waals surface area contributed by atoms with Crippen molar-refractivity contribution in [3.63, 3.8) is 0 Å². The van der Waals surface area contributed by atoms with E-state index in [1.54, 1.807) is 13.1 Å². The summed E-state index contributed by atoms with van der Waals surface area (Å²) >= 11 is 0. The highest BCUT2D eigenvalue weighted by Crippen LogP contribution is 2.17. The second-order valence-corrected chi connectivity index (χ2v) is 5.48. The van der Waals surface area contributed by atoms with Crippen LogP contribution in [0, 0.1) is 0 Å². The monoisotopic (exact) mass is 341 g/mol. The molecule has 2 aromatic rings. The number of nitrogens with zero attached hydrogens (tertiary/aromatic N) is 2. The predicted octanol–water partition coefficient (Wildman–Crippen LogP) is 2.21. The lowest BCUT2D eigenvalue weighted by atomic mass is 10.1. The topological polar surface area (TPSA) is 116 Å². The Hall–Kier alpha value is -2.93. The second kappa shape index (κ2) is 8.79. The average Bonchev–Trinajstić information content (AvgIpc) is 2.60. The van der Waals surface area contributed by atoms with Crippen LogP contribution in [-0.2, 0) is 17.8 Å². The fraction of sp³-hybridized carbons (Fsp3) is 0.278. The lowest BCUT2D eigenvalue weighted by Crippen LogP contribution is -2.38. The summed E-state index contributed by atoms with van der Waals surface area (Å²) in [6.07, 6.45) is 2.08. The molecule has 132 valence electrons. The molecule has 2 rings (SSSR count). The number of amidine groups is 1. The lowest BCUT2D eigenvalue weighted by Gasteiger charge is -2.13. The van der Waals surface area contributed by atoms with Crippen molar-refractivity contribution in [1.82, 2.24) is 10.3 Å². The van der Waals surface area contributed by atoms with Gasteiger partial charge >= 0.3 is 6.03 Å². The SMILES string of the molecule is CCc1ncccc1N=C(N)c1ccc(COC(C)NC(N)=O)cc1. The second-order valence-electron chi connectivity index (χ2n) is 5.48. The molecular weight excluding hydrogens is 318 g/mol. The van der Waals surface area contributed by atoms with Crippen molar-refractivity contribution >= 4 is 17.6 Å². The Balaban J connectivity index is 2.03. The molecule has 0 spiro atoms. The molecule has 5 N–H and O–H groups in total. The molecule has 1 aromatic carbocycles. The number of carbonyl (C=O) groups excluding carboxylic acids is 1. The molecule has 0 saturated heterocycles. The molecule has 0 aliphatic carbocycles. The highest BCUT2D eigenvalue weighted by Gasteiger charge is 2.06. The van der Waals surface area contributed by atoms with Gasteiger partial charge < -0.3 is 21.5 Å². The van der Waals surface area contributed by atoms with E-state index in [1.165, 1.54) is 0 Å². The number of aryl methyl sites for hydroxylation is 1. The maximum atomic E-state index is 10.7. The van der Waals surface area contributed by atoms with E-state index >= 15 is 0 Å². The van der Waals surface area contributed by atoms with Crippen LogP contribution in [0.4, 0.5) is 10.5 Å². The molecule has 7 heteroatoms. The Morgan fingerprint density at radius 2 is 2.00 bits per heavy atom. The maximum absolute atomic E-state index is 10.7. The van der Waals surface area contributed by atoms with Crippen LogP contribution in [0.2, 0.25) is 0 Å². The van der Waals surface area contributed by atoms with Crippen LogP contribution < -0.4 is 16.8 Å². The number of pyridine rings is 1. The number of hydrogen-bond donors (Lipinski definition) is 3. The average molecular weight is 341 g/mol. The molecule has 1 heterocycles. The highest BCUT2D eigenvalue weighted by atomic mass is 16.5. The van der Waals surface area contributed by atoms with Gasteiger partial charge in [0, 0.05) is 11.8 Å². The number of ether oxygens (including phenoxy) is 1. The standard InChI is InChI=1S/C18H23N5O2/c1-3-15-16(5-4-10-21-15)23-17(19)14-8-6-13(7-9-14)11-25-12(2)22-18(20)24/h4-10,12H,3,11H2,1-2H3,(H2,19,23)(H3,20,22,24). The van der Waals surface area contributed by atoms with Gasteiger partial charge in [0.25, 0.3) is 0 Å². The van der Waals surface area contributed by atoms with Crippen molar-refractivity contribution in [2.75, 3.05) is 0 Å². The fourth-order valence-electron chi connectivity index (χ4n) is 2.23. The number of aliphatic imine (C=N–C) groups is 1. The zero-order valence-electron chi connectivity index (χ0n) is 14.4. The first-order valence-corrected chi connectivity index (χ1v) is 8.04. The number of hydrogen-bond acceptors (Lipinski definition) is 4. The molecule has 0 aliphatic rings. The number of nitrogens with one attached hydrogen (secondary N) is 1. The van der Waals surface area contributed by atoms with Crippen molar-refractivity contribution in [1.29, 1.82) is 0 Å². The molecule has 1 unspecified atom stereocenters. The quantitative estimate of drug-likeness (QED) is 0.407. The molecule has 7 nitrogen and oxygen atoms in total. The molecule has 0 saturated carbocycles. The number of amides is 2. The smallest absolute Gasteiger partial charge is 0.314 e. The Morgan fingerprint density at radius 3 is 2.64 bits per heavy atom. The van der Waals surface area contributed by atoms with Gasteiger partial charge in [0.05, 0.1) is 18.0 Å². The fourth-order valence-corrected chi connectivity index (χ4v) is 2.23. The third-order valence-corrected chi connectivity index (χ3v) is 3.54. The zero-order valence-corrected chi connectivity index (χ0v) is 14.4. The third-order valence-electron chi connectivity index (χ3n) is 3.54. The van der Waals surface area contributed by atoms with E-state index in [9.17, 15) is 4.79 Å². The summed E-state index contributed by atoms with van der Waals surface area (Å²) in [5.41, 5.74) is 14.6. The normalized spacial score (nSPS) is 12.6. The summed E-state index contributed by atoms with van der Waals surface area (Å²) in [5.74, 6) is 0.430. The van der Waals surface area contributed by atoms with Gasteiger partial charge in [-0.05, 0) is 31.0 Å². The molecule has 1 atom stereocenters. The summed E-state index contributed by atoms with van der Waals surface area (Å²) in [6, 6.07) is 10.7. The molecule has 0 fully saturated rings. The van der Waals surface area contributed by atoms with Crippen LogP contribution in [0.5, 0.6) is 0 Å². The molecule has 2 amide bonds. The zero-order chi connectivity index (χ0) is 18.2. The third kappa shape index (κ3) is 5.58. The maximum Gasteiger partial charge on any atom is 0.314 e. The van der Waals surface area contributed by atoms with Gasteiger partial charge in [-0.25, -0.2) is 9.79 Å². The Bertz CT molecular complexity index is 743. The Morgan fingerprint density at radius 1 is 1.28 bits per heavy atom. The summed E-state index contributed by atoms with van der Waals surface area (Å²) in [5, 5.41) is 2.45. The Labute approximate surface area is 147 Å². The van der Waals surface area contributed by atoms with E-state index in [2.05, 4.69) is 15.3 Å². The Kier molecular flexibility index (Phi) is 6.47. The summed E-state index contributed by atoms with van der Waals surface area (Å²) in [7, 11) is 0. The van der Waals surface area contributed by atoms with Gasteiger partial charge in [-0.15, -0.1) is 0 Å². The van der Waals surface area contributed by atoms with Crippen molar-refractivity contribution in [2.45, 2.75) is 33.1 Å². The van der Waals surface area contributed by atoms with Crippen molar-refractivity contribution in [3.8, 4) is 0 Å². The highest BCUT2D eigenvalue weighted by molar-refractivity contribution is 5.99. The van der Waals surface area contributed by atoms with Crippen molar-refractivity contribution in [2.24, 2.45) is 16.5 Å². The van der Waals surface area contributed by atoms with Crippen LogP contribution in [0.3, 0.4) is 0 Å². The van der Waals surface area contributed by atoms with Crippen molar-refractivity contribution in [3.05, 3.63) is 59.4 Å². The van der Waals surface area contributed by atoms with E-state index in [-0.39, 0.29) is 0 Å². The number of aromatic nitrogens is 1. The van der Waals surface area contributed by atoms with Gasteiger partial charge in [-0.1, -0.05) is 31.2 Å². The molecule has 0 radical (unpaired) electrons. The lowest BCUT2D eigenvalue weighted by molar-refractivity contribution is 0.0386. The van der Waals surface area contributed by atoms with Gasteiger partial charge in [-0.2, -0.15) is 0 Å². The summed E-state index contributed by atoms with van der Waals surface area (Å²) < 4.78 is 5.48. The minimum atomic E-state index is -0.617. The van der Waals surface area contributed by atoms with Crippen LogP contribution in [0.1, 0.15) is 30.7 Å². The molecular formula is C18H23N5O2. The molecule has 1 aromatic heterocycles. The van der Waals surface area contributed by atoms with E-state index in [0.717, 1.165) is 28.9 Å². The van der Waals surface area contributed by atoms with Gasteiger partial charge in [0.15, 0.2) is 0 Å². The van der Waals surface area contributed by atoms with Gasteiger partial charge in [-0.3, -0.25) is 4.98 Å². The first-order chi connectivity index (χ1) is 12.0. The number of urea groups is 1. The van der Waals surface area contributed by atoms with Gasteiger partial charge in [0.1, 0.15) is 12.1 Å². The summed E-state index contributed by atoms with van der Waals surface area (Å²) in [6.45, 7) is 4.09. The van der Waals surface area contributed by atoms with E-state index in [0.29, 0.717) is 12.4 Å². The summed E-state index contributed by atoms with van der Waals surface area (Å²) in [4.78, 5) is 19.5. The number of rotatable bonds is 7. The van der Waals surface area contributed by atoms with Crippen molar-refractivity contribution < 1.29 is 9.53 Å².